The van der Waals surface area contributed by atoms with E-state index < -0.39 is 0 Å². The maximum Gasteiger partial charge on any atom is 0.126 e. The van der Waals surface area contributed by atoms with Crippen LogP contribution >= 0.6 is 0 Å². The molecule has 0 aromatic carbocycles. The number of nitrogens with two attached hydrogens (primary N) is 1. The quantitative estimate of drug-likeness (QED) is 0.747. The van der Waals surface area contributed by atoms with E-state index in [1.807, 2.05) is 25.1 Å². The van der Waals surface area contributed by atoms with Crippen molar-refractivity contribution >= 4 is 6.08 Å². The van der Waals surface area contributed by atoms with Gasteiger partial charge >= 0.3 is 0 Å². The molecule has 2 nitrogen and oxygen atoms in total. The molecule has 0 bridgehead atoms. The van der Waals surface area contributed by atoms with Gasteiger partial charge in [0.15, 0.2) is 0 Å². The van der Waals surface area contributed by atoms with Crippen LogP contribution < -0.4 is 5.73 Å². The average molecular weight is 165 g/mol. The van der Waals surface area contributed by atoms with Crippen molar-refractivity contribution in [3.8, 4) is 0 Å². The number of rotatable bonds is 3. The minimum atomic E-state index is 0.219. The molecule has 0 aliphatic heterocycles. The molecule has 0 spiro atoms. The Morgan fingerprint density at radius 2 is 2.50 bits per heavy atom. The first kappa shape index (κ1) is 9.07. The number of furan rings is 1. The van der Waals surface area contributed by atoms with Gasteiger partial charge in [-0.25, -0.2) is 0 Å². The third-order valence-electron chi connectivity index (χ3n) is 1.58. The van der Waals surface area contributed by atoms with Crippen LogP contribution in [0.25, 0.3) is 6.08 Å². The summed E-state index contributed by atoms with van der Waals surface area (Å²) in [5.41, 5.74) is 6.90. The van der Waals surface area contributed by atoms with Crippen LogP contribution in [0.4, 0.5) is 0 Å². The smallest absolute Gasteiger partial charge is 0.126 e. The van der Waals surface area contributed by atoms with Crippen LogP contribution in [-0.2, 0) is 0 Å². The summed E-state index contributed by atoms with van der Waals surface area (Å²) >= 11 is 0. The summed E-state index contributed by atoms with van der Waals surface area (Å²) in [4.78, 5) is 0. The van der Waals surface area contributed by atoms with Gasteiger partial charge in [0.2, 0.25) is 0 Å². The van der Waals surface area contributed by atoms with Crippen molar-refractivity contribution < 1.29 is 4.42 Å². The highest BCUT2D eigenvalue weighted by Gasteiger charge is 1.97. The molecule has 0 aliphatic carbocycles. The van der Waals surface area contributed by atoms with Crippen molar-refractivity contribution in [3.05, 3.63) is 29.7 Å². The fourth-order valence-electron chi connectivity index (χ4n) is 1.18. The summed E-state index contributed by atoms with van der Waals surface area (Å²) in [7, 11) is 0. The van der Waals surface area contributed by atoms with Crippen molar-refractivity contribution in [3.63, 3.8) is 0 Å². The second-order valence-electron chi connectivity index (χ2n) is 3.19. The topological polar surface area (TPSA) is 39.2 Å². The van der Waals surface area contributed by atoms with Gasteiger partial charge in [-0.2, -0.15) is 0 Å². The van der Waals surface area contributed by atoms with E-state index in [1.54, 1.807) is 6.26 Å². The minimum Gasteiger partial charge on any atom is -0.465 e. The maximum absolute atomic E-state index is 5.65. The Morgan fingerprint density at radius 3 is 3.00 bits per heavy atom. The van der Waals surface area contributed by atoms with E-state index in [2.05, 4.69) is 6.92 Å². The molecule has 0 saturated carbocycles. The number of hydrogen-bond donors (Lipinski definition) is 1. The molecule has 1 rings (SSSR count). The molecular formula is C10H15NO. The van der Waals surface area contributed by atoms with Crippen LogP contribution in [0.3, 0.4) is 0 Å². The molecule has 66 valence electrons. The molecule has 1 atom stereocenters. The Bertz CT molecular complexity index is 247. The van der Waals surface area contributed by atoms with Gasteiger partial charge in [-0.15, -0.1) is 0 Å². The standard InChI is InChI=1S/C10H15NO/c1-8(6-9(2)11)7-10-4-3-5-12-10/h3-5,7,9H,6,11H2,1-2H3/b8-7+/t9-/m1/s1. The predicted molar refractivity (Wildman–Crippen MR) is 50.6 cm³/mol. The summed E-state index contributed by atoms with van der Waals surface area (Å²) in [6.07, 6.45) is 4.61. The molecule has 12 heavy (non-hydrogen) atoms. The second-order valence-corrected chi connectivity index (χ2v) is 3.19. The van der Waals surface area contributed by atoms with Crippen LogP contribution in [0.15, 0.2) is 28.4 Å². The zero-order chi connectivity index (χ0) is 8.97. The number of hydrogen-bond acceptors (Lipinski definition) is 2. The lowest BCUT2D eigenvalue weighted by molar-refractivity contribution is 0.556. The van der Waals surface area contributed by atoms with Crippen LogP contribution in [0, 0.1) is 0 Å². The SMILES string of the molecule is C/C(=C\c1ccco1)C[C@@H](C)N. The molecule has 0 aliphatic rings. The summed E-state index contributed by atoms with van der Waals surface area (Å²) in [5.74, 6) is 0.896. The lowest BCUT2D eigenvalue weighted by Gasteiger charge is -2.03. The van der Waals surface area contributed by atoms with Crippen LogP contribution in [-0.4, -0.2) is 6.04 Å². The molecule has 1 aromatic heterocycles. The van der Waals surface area contributed by atoms with Gasteiger partial charge in [-0.1, -0.05) is 5.57 Å². The van der Waals surface area contributed by atoms with E-state index in [4.69, 9.17) is 10.2 Å². The Morgan fingerprint density at radius 1 is 1.75 bits per heavy atom. The summed E-state index contributed by atoms with van der Waals surface area (Å²) in [6.45, 7) is 4.06. The van der Waals surface area contributed by atoms with E-state index in [1.165, 1.54) is 5.57 Å². The van der Waals surface area contributed by atoms with Gasteiger partial charge in [0.1, 0.15) is 5.76 Å². The van der Waals surface area contributed by atoms with E-state index in [0.717, 1.165) is 12.2 Å². The van der Waals surface area contributed by atoms with Gasteiger partial charge in [0.05, 0.1) is 6.26 Å². The largest absolute Gasteiger partial charge is 0.465 e. The first-order valence-electron chi connectivity index (χ1n) is 4.15. The zero-order valence-corrected chi connectivity index (χ0v) is 7.58. The lowest BCUT2D eigenvalue weighted by atomic mass is 10.1. The molecule has 0 fully saturated rings. The van der Waals surface area contributed by atoms with E-state index >= 15 is 0 Å². The minimum absolute atomic E-state index is 0.219. The lowest BCUT2D eigenvalue weighted by Crippen LogP contribution is -2.14. The molecule has 0 unspecified atom stereocenters. The molecule has 0 saturated heterocycles. The van der Waals surface area contributed by atoms with Gasteiger partial charge in [0, 0.05) is 6.04 Å². The van der Waals surface area contributed by atoms with Crippen molar-refractivity contribution in [1.29, 1.82) is 0 Å². The van der Waals surface area contributed by atoms with E-state index in [-0.39, 0.29) is 6.04 Å². The Balaban J connectivity index is 2.57. The highest BCUT2D eigenvalue weighted by Crippen LogP contribution is 2.10. The van der Waals surface area contributed by atoms with Crippen LogP contribution in [0.5, 0.6) is 0 Å². The fraction of sp³-hybridized carbons (Fsp3) is 0.400. The third kappa shape index (κ3) is 2.93. The third-order valence-corrected chi connectivity index (χ3v) is 1.58. The van der Waals surface area contributed by atoms with Crippen LogP contribution in [0.1, 0.15) is 26.0 Å². The van der Waals surface area contributed by atoms with E-state index in [0.29, 0.717) is 0 Å². The molecular weight excluding hydrogens is 150 g/mol. The summed E-state index contributed by atoms with van der Waals surface area (Å²) in [5, 5.41) is 0. The van der Waals surface area contributed by atoms with Crippen molar-refractivity contribution in [1.82, 2.24) is 0 Å². The molecule has 2 heteroatoms. The summed E-state index contributed by atoms with van der Waals surface area (Å²) in [6, 6.07) is 4.03. The first-order chi connectivity index (χ1) is 5.68. The molecule has 0 amide bonds. The molecule has 2 N–H and O–H groups in total. The van der Waals surface area contributed by atoms with Crippen LogP contribution in [0.2, 0.25) is 0 Å². The van der Waals surface area contributed by atoms with Gasteiger partial charge < -0.3 is 10.2 Å². The average Bonchev–Trinajstić information content (AvgIpc) is 2.37. The monoisotopic (exact) mass is 165 g/mol. The fourth-order valence-corrected chi connectivity index (χ4v) is 1.18. The summed E-state index contributed by atoms with van der Waals surface area (Å²) < 4.78 is 5.17. The highest BCUT2D eigenvalue weighted by atomic mass is 16.3. The first-order valence-corrected chi connectivity index (χ1v) is 4.15. The van der Waals surface area contributed by atoms with Gasteiger partial charge in [-0.05, 0) is 38.5 Å². The van der Waals surface area contributed by atoms with Crippen molar-refractivity contribution in [2.45, 2.75) is 26.3 Å². The zero-order valence-electron chi connectivity index (χ0n) is 7.58. The molecule has 1 heterocycles. The second kappa shape index (κ2) is 4.12. The normalized spacial score (nSPS) is 14.8. The highest BCUT2D eigenvalue weighted by molar-refractivity contribution is 5.46. The molecule has 0 radical (unpaired) electrons. The molecule has 1 aromatic rings. The Kier molecular flexibility index (Phi) is 3.11. The van der Waals surface area contributed by atoms with E-state index in [9.17, 15) is 0 Å². The van der Waals surface area contributed by atoms with Crippen molar-refractivity contribution in [2.24, 2.45) is 5.73 Å². The Hall–Kier alpha value is -1.02. The van der Waals surface area contributed by atoms with Gasteiger partial charge in [-0.3, -0.25) is 0 Å². The van der Waals surface area contributed by atoms with Gasteiger partial charge in [0.25, 0.3) is 0 Å². The Labute approximate surface area is 73.1 Å². The van der Waals surface area contributed by atoms with Crippen molar-refractivity contribution in [2.75, 3.05) is 0 Å². The maximum atomic E-state index is 5.65. The predicted octanol–water partition coefficient (Wildman–Crippen LogP) is 2.42.